The van der Waals surface area contributed by atoms with E-state index in [4.69, 9.17) is 4.52 Å². The molecule has 5 rings (SSSR count). The maximum Gasteiger partial charge on any atom is 0.285 e. The van der Waals surface area contributed by atoms with Crippen molar-refractivity contribution in [2.45, 2.75) is 12.1 Å². The second-order valence-electron chi connectivity index (χ2n) is 7.68. The largest absolute Gasteiger partial charge is 0.508 e. The van der Waals surface area contributed by atoms with Gasteiger partial charge in [-0.15, -0.1) is 0 Å². The number of rotatable bonds is 4. The van der Waals surface area contributed by atoms with Crippen molar-refractivity contribution >= 4 is 12.7 Å². The molecular formula is C26H21O4P. The first-order chi connectivity index (χ1) is 15.0. The van der Waals surface area contributed by atoms with E-state index in [0.29, 0.717) is 17.5 Å². The van der Waals surface area contributed by atoms with Crippen LogP contribution in [0.1, 0.15) is 16.8 Å². The first-order valence-corrected chi connectivity index (χ1v) is 11.8. The Morgan fingerprint density at radius 2 is 1.45 bits per heavy atom. The fraction of sp³-hybridized carbons (Fsp3) is 0.0769. The second-order valence-corrected chi connectivity index (χ2v) is 10.2. The quantitative estimate of drug-likeness (QED) is 0.389. The Morgan fingerprint density at radius 3 is 2.23 bits per heavy atom. The van der Waals surface area contributed by atoms with Gasteiger partial charge in [-0.1, -0.05) is 60.7 Å². The van der Waals surface area contributed by atoms with Gasteiger partial charge in [-0.3, -0.25) is 4.57 Å². The summed E-state index contributed by atoms with van der Waals surface area (Å²) in [5, 5.41) is 20.4. The predicted octanol–water partition coefficient (Wildman–Crippen LogP) is 6.04. The minimum Gasteiger partial charge on any atom is -0.508 e. The van der Waals surface area contributed by atoms with E-state index >= 15 is 0 Å². The molecule has 4 aromatic carbocycles. The number of para-hydroxylation sites is 1. The van der Waals surface area contributed by atoms with E-state index in [2.05, 4.69) is 0 Å². The van der Waals surface area contributed by atoms with Crippen LogP contribution in [0.4, 0.5) is 0 Å². The highest BCUT2D eigenvalue weighted by molar-refractivity contribution is 7.68. The molecule has 2 N–H and O–H groups in total. The molecule has 4 aromatic rings. The summed E-state index contributed by atoms with van der Waals surface area (Å²) in [6.07, 6.45) is 0.410. The third-order valence-electron chi connectivity index (χ3n) is 5.68. The molecule has 0 saturated heterocycles. The molecule has 31 heavy (non-hydrogen) atoms. The summed E-state index contributed by atoms with van der Waals surface area (Å²) in [5.74, 6) is 0.910. The van der Waals surface area contributed by atoms with Crippen LogP contribution in [0.5, 0.6) is 17.2 Å². The van der Waals surface area contributed by atoms with Crippen LogP contribution in [0.25, 0.3) is 11.1 Å². The van der Waals surface area contributed by atoms with E-state index in [-0.39, 0.29) is 11.5 Å². The standard InChI is InChI=1S/C26H21O4P/c27-20-14-12-19(13-15-20)26(17-18-6-5-7-21(28)16-18)31(29)25-11-4-2-9-23(25)22-8-1-3-10-24(22)30-31/h1-16,26-28H,17H2. The smallest absolute Gasteiger partial charge is 0.285 e. The Bertz CT molecular complexity index is 1300. The van der Waals surface area contributed by atoms with Gasteiger partial charge < -0.3 is 14.7 Å². The Labute approximate surface area is 180 Å². The molecule has 1 heterocycles. The zero-order valence-corrected chi connectivity index (χ0v) is 17.6. The average molecular weight is 428 g/mol. The maximum absolute atomic E-state index is 14.7. The van der Waals surface area contributed by atoms with Crippen LogP contribution in [-0.2, 0) is 11.0 Å². The highest BCUT2D eigenvalue weighted by Crippen LogP contribution is 2.64. The van der Waals surface area contributed by atoms with Crippen molar-refractivity contribution in [3.8, 4) is 28.4 Å². The van der Waals surface area contributed by atoms with Crippen LogP contribution < -0.4 is 9.83 Å². The molecule has 2 unspecified atom stereocenters. The van der Waals surface area contributed by atoms with Gasteiger partial charge in [0.25, 0.3) is 7.37 Å². The number of phenolic OH excluding ortho intramolecular Hbond substituents is 2. The summed E-state index contributed by atoms with van der Waals surface area (Å²) in [5.41, 5.74) is 3.00. The number of fused-ring (bicyclic) bond motifs is 3. The summed E-state index contributed by atoms with van der Waals surface area (Å²) in [6.45, 7) is 0. The van der Waals surface area contributed by atoms with E-state index in [1.807, 2.05) is 54.6 Å². The molecule has 154 valence electrons. The highest BCUT2D eigenvalue weighted by atomic mass is 31.2. The van der Waals surface area contributed by atoms with E-state index in [9.17, 15) is 14.8 Å². The first kappa shape index (κ1) is 19.5. The van der Waals surface area contributed by atoms with Crippen LogP contribution in [-0.4, -0.2) is 10.2 Å². The fourth-order valence-corrected chi connectivity index (χ4v) is 7.06. The lowest BCUT2D eigenvalue weighted by Gasteiger charge is -2.34. The maximum atomic E-state index is 14.7. The zero-order valence-electron chi connectivity index (χ0n) is 16.7. The lowest BCUT2D eigenvalue weighted by atomic mass is 10.0. The van der Waals surface area contributed by atoms with Crippen LogP contribution in [0.3, 0.4) is 0 Å². The van der Waals surface area contributed by atoms with E-state index in [0.717, 1.165) is 22.3 Å². The number of phenols is 2. The van der Waals surface area contributed by atoms with Gasteiger partial charge in [0, 0.05) is 5.56 Å². The molecular weight excluding hydrogens is 407 g/mol. The van der Waals surface area contributed by atoms with E-state index in [1.54, 1.807) is 42.5 Å². The van der Waals surface area contributed by atoms with Crippen LogP contribution >= 0.6 is 7.37 Å². The van der Waals surface area contributed by atoms with Crippen LogP contribution in [0.15, 0.2) is 97.1 Å². The normalized spacial score (nSPS) is 17.8. The molecule has 1 aliphatic rings. The van der Waals surface area contributed by atoms with Gasteiger partial charge in [0.1, 0.15) is 17.2 Å². The molecule has 4 nitrogen and oxygen atoms in total. The lowest BCUT2D eigenvalue weighted by molar-refractivity contribution is 0.470. The number of hydrogen-bond donors (Lipinski definition) is 2. The average Bonchev–Trinajstić information content (AvgIpc) is 2.78. The molecule has 1 aliphatic heterocycles. The minimum atomic E-state index is -3.43. The predicted molar refractivity (Wildman–Crippen MR) is 122 cm³/mol. The topological polar surface area (TPSA) is 66.8 Å². The summed E-state index contributed by atoms with van der Waals surface area (Å²) in [6, 6.07) is 29.1. The lowest BCUT2D eigenvalue weighted by Crippen LogP contribution is -2.23. The Kier molecular flexibility index (Phi) is 4.80. The summed E-state index contributed by atoms with van der Waals surface area (Å²) in [4.78, 5) is 0. The van der Waals surface area contributed by atoms with Gasteiger partial charge in [-0.25, -0.2) is 0 Å². The highest BCUT2D eigenvalue weighted by Gasteiger charge is 2.43. The molecule has 2 atom stereocenters. The first-order valence-electron chi connectivity index (χ1n) is 10.1. The van der Waals surface area contributed by atoms with Crippen molar-refractivity contribution in [2.75, 3.05) is 0 Å². The molecule has 0 saturated carbocycles. The van der Waals surface area contributed by atoms with Crippen molar-refractivity contribution in [1.29, 1.82) is 0 Å². The summed E-state index contributed by atoms with van der Waals surface area (Å²) < 4.78 is 21.1. The fourth-order valence-electron chi connectivity index (χ4n) is 4.21. The van der Waals surface area contributed by atoms with Gasteiger partial charge in [0.05, 0.1) is 11.0 Å². The van der Waals surface area contributed by atoms with Gasteiger partial charge in [-0.2, -0.15) is 0 Å². The molecule has 5 heteroatoms. The van der Waals surface area contributed by atoms with Gasteiger partial charge in [0.2, 0.25) is 0 Å². The van der Waals surface area contributed by atoms with Gasteiger partial charge in [-0.05, 0) is 59.5 Å². The molecule has 0 amide bonds. The van der Waals surface area contributed by atoms with Gasteiger partial charge in [0.15, 0.2) is 0 Å². The Balaban J connectivity index is 1.70. The van der Waals surface area contributed by atoms with Crippen molar-refractivity contribution in [3.63, 3.8) is 0 Å². The summed E-state index contributed by atoms with van der Waals surface area (Å²) in [7, 11) is -3.43. The van der Waals surface area contributed by atoms with Gasteiger partial charge >= 0.3 is 0 Å². The Hall–Kier alpha value is -3.49. The number of aromatic hydroxyl groups is 2. The van der Waals surface area contributed by atoms with Crippen molar-refractivity contribution in [1.82, 2.24) is 0 Å². The number of benzene rings is 4. The van der Waals surface area contributed by atoms with Crippen LogP contribution in [0.2, 0.25) is 0 Å². The third kappa shape index (κ3) is 3.49. The molecule has 0 aromatic heterocycles. The number of hydrogen-bond acceptors (Lipinski definition) is 4. The SMILES string of the molecule is O=P1(C(Cc2cccc(O)c2)c2ccc(O)cc2)Oc2ccccc2-c2ccccc21. The molecule has 0 fully saturated rings. The molecule has 0 radical (unpaired) electrons. The van der Waals surface area contributed by atoms with Crippen molar-refractivity contribution in [2.24, 2.45) is 0 Å². The zero-order chi connectivity index (χ0) is 21.4. The minimum absolute atomic E-state index is 0.147. The second kappa shape index (κ2) is 7.64. The molecule has 0 bridgehead atoms. The monoisotopic (exact) mass is 428 g/mol. The molecule has 0 aliphatic carbocycles. The van der Waals surface area contributed by atoms with E-state index < -0.39 is 13.0 Å². The van der Waals surface area contributed by atoms with E-state index in [1.165, 1.54) is 0 Å². The summed E-state index contributed by atoms with van der Waals surface area (Å²) >= 11 is 0. The Morgan fingerprint density at radius 1 is 0.742 bits per heavy atom. The van der Waals surface area contributed by atoms with Crippen molar-refractivity contribution < 1.29 is 19.3 Å². The third-order valence-corrected chi connectivity index (χ3v) is 8.51. The van der Waals surface area contributed by atoms with Crippen LogP contribution in [0, 0.1) is 0 Å². The molecule has 0 spiro atoms. The van der Waals surface area contributed by atoms with Crippen molar-refractivity contribution in [3.05, 3.63) is 108 Å².